The molecule has 4 N–H and O–H groups in total. The predicted octanol–water partition coefficient (Wildman–Crippen LogP) is -1.47. The summed E-state index contributed by atoms with van der Waals surface area (Å²) in [6.07, 6.45) is 0.199. The molecular weight excluding hydrogens is 188 g/mol. The van der Waals surface area contributed by atoms with Crippen LogP contribution >= 0.6 is 0 Å². The Morgan fingerprint density at radius 3 is 2.50 bits per heavy atom. The van der Waals surface area contributed by atoms with Crippen LogP contribution in [0.5, 0.6) is 0 Å². The Morgan fingerprint density at radius 2 is 2.14 bits per heavy atom. The highest BCUT2D eigenvalue weighted by Gasteiger charge is 2.19. The molecule has 0 spiro atoms. The molecule has 2 unspecified atom stereocenters. The number of carbonyl (C=O) groups is 3. The van der Waals surface area contributed by atoms with E-state index in [1.54, 1.807) is 0 Å². The number of nitrogens with one attached hydrogen (secondary N) is 1. The van der Waals surface area contributed by atoms with Crippen LogP contribution in [0.15, 0.2) is 0 Å². The van der Waals surface area contributed by atoms with Gasteiger partial charge >= 0.3 is 5.97 Å². The summed E-state index contributed by atoms with van der Waals surface area (Å²) in [4.78, 5) is 31.3. The molecule has 0 bridgehead atoms. The zero-order valence-corrected chi connectivity index (χ0v) is 7.90. The topological polar surface area (TPSA) is 109 Å². The van der Waals surface area contributed by atoms with Gasteiger partial charge in [0.25, 0.3) is 0 Å². The van der Waals surface area contributed by atoms with Gasteiger partial charge < -0.3 is 15.6 Å². The van der Waals surface area contributed by atoms with E-state index in [0.29, 0.717) is 6.29 Å². The Labute approximate surface area is 81.5 Å². The highest BCUT2D eigenvalue weighted by atomic mass is 16.4. The van der Waals surface area contributed by atoms with Gasteiger partial charge in [0.15, 0.2) is 0 Å². The van der Waals surface area contributed by atoms with Crippen LogP contribution in [0.2, 0.25) is 0 Å². The van der Waals surface area contributed by atoms with E-state index in [1.165, 1.54) is 6.92 Å². The minimum absolute atomic E-state index is 0.0106. The summed E-state index contributed by atoms with van der Waals surface area (Å²) in [7, 11) is 0. The van der Waals surface area contributed by atoms with Crippen molar-refractivity contribution in [1.29, 1.82) is 0 Å². The zero-order valence-electron chi connectivity index (χ0n) is 7.90. The molecule has 6 heteroatoms. The number of hydrogen-bond acceptors (Lipinski definition) is 5. The molecule has 0 aromatic heterocycles. The highest BCUT2D eigenvalue weighted by molar-refractivity contribution is 5.78. The Bertz CT molecular complexity index is 229. The lowest BCUT2D eigenvalue weighted by Gasteiger charge is -2.17. The minimum Gasteiger partial charge on any atom is -0.481 e. The average molecular weight is 202 g/mol. The molecule has 0 aliphatic heterocycles. The SMILES string of the molecule is CC(=O)CNC(C=O)C(N)CC(=O)O. The van der Waals surface area contributed by atoms with Gasteiger partial charge in [-0.25, -0.2) is 0 Å². The Morgan fingerprint density at radius 1 is 1.57 bits per heavy atom. The second kappa shape index (κ2) is 6.22. The fourth-order valence-electron chi connectivity index (χ4n) is 0.891. The molecule has 0 saturated heterocycles. The molecule has 0 saturated carbocycles. The lowest BCUT2D eigenvalue weighted by Crippen LogP contribution is -2.48. The summed E-state index contributed by atoms with van der Waals surface area (Å²) in [5, 5.41) is 11.0. The first kappa shape index (κ1) is 12.7. The minimum atomic E-state index is -1.08. The summed E-state index contributed by atoms with van der Waals surface area (Å²) < 4.78 is 0. The van der Waals surface area contributed by atoms with Gasteiger partial charge in [0, 0.05) is 6.04 Å². The number of carboxylic acids is 1. The quantitative estimate of drug-likeness (QED) is 0.435. The van der Waals surface area contributed by atoms with E-state index in [9.17, 15) is 14.4 Å². The van der Waals surface area contributed by atoms with E-state index in [-0.39, 0.29) is 18.7 Å². The van der Waals surface area contributed by atoms with Gasteiger partial charge in [-0.1, -0.05) is 0 Å². The lowest BCUT2D eigenvalue weighted by atomic mass is 10.1. The van der Waals surface area contributed by atoms with E-state index >= 15 is 0 Å². The summed E-state index contributed by atoms with van der Waals surface area (Å²) in [6, 6.07) is -1.61. The molecular formula is C8H14N2O4. The second-order valence-corrected chi connectivity index (χ2v) is 3.01. The first-order chi connectivity index (χ1) is 6.47. The van der Waals surface area contributed by atoms with Crippen molar-refractivity contribution in [2.45, 2.75) is 25.4 Å². The maximum Gasteiger partial charge on any atom is 0.304 e. The smallest absolute Gasteiger partial charge is 0.304 e. The van der Waals surface area contributed by atoms with Gasteiger partial charge in [-0.05, 0) is 6.92 Å². The second-order valence-electron chi connectivity index (χ2n) is 3.01. The van der Waals surface area contributed by atoms with Gasteiger partial charge in [0.1, 0.15) is 12.1 Å². The number of nitrogens with two attached hydrogens (primary N) is 1. The molecule has 0 aromatic rings. The van der Waals surface area contributed by atoms with Crippen molar-refractivity contribution in [3.63, 3.8) is 0 Å². The van der Waals surface area contributed by atoms with Crippen LogP contribution in [0, 0.1) is 0 Å². The number of aldehydes is 1. The zero-order chi connectivity index (χ0) is 11.1. The number of Topliss-reactive ketones (excluding diaryl/α,β-unsaturated/α-hetero) is 1. The van der Waals surface area contributed by atoms with Crippen molar-refractivity contribution >= 4 is 18.0 Å². The monoisotopic (exact) mass is 202 g/mol. The molecule has 0 rings (SSSR count). The molecule has 0 aliphatic carbocycles. The standard InChI is InChI=1S/C8H14N2O4/c1-5(12)3-10-7(4-11)6(9)2-8(13)14/h4,6-7,10H,2-3,9H2,1H3,(H,13,14). The molecule has 0 heterocycles. The maximum atomic E-state index is 10.6. The third-order valence-electron chi connectivity index (χ3n) is 1.60. The van der Waals surface area contributed by atoms with E-state index < -0.39 is 18.1 Å². The largest absolute Gasteiger partial charge is 0.481 e. The molecule has 6 nitrogen and oxygen atoms in total. The van der Waals surface area contributed by atoms with Gasteiger partial charge in [-0.2, -0.15) is 0 Å². The number of ketones is 1. The first-order valence-corrected chi connectivity index (χ1v) is 4.13. The maximum absolute atomic E-state index is 10.6. The van der Waals surface area contributed by atoms with Crippen LogP contribution in [0.1, 0.15) is 13.3 Å². The predicted molar refractivity (Wildman–Crippen MR) is 48.8 cm³/mol. The summed E-state index contributed by atoms with van der Waals surface area (Å²) in [5.41, 5.74) is 5.43. The Balaban J connectivity index is 4.04. The Hall–Kier alpha value is -1.27. The van der Waals surface area contributed by atoms with E-state index in [2.05, 4.69) is 5.32 Å². The van der Waals surface area contributed by atoms with Crippen molar-refractivity contribution in [2.24, 2.45) is 5.73 Å². The van der Waals surface area contributed by atoms with E-state index in [1.807, 2.05) is 0 Å². The normalized spacial score (nSPS) is 14.4. The summed E-state index contributed by atoms with van der Waals surface area (Å²) in [6.45, 7) is 1.37. The number of rotatable bonds is 7. The number of carbonyl (C=O) groups excluding carboxylic acids is 2. The molecule has 14 heavy (non-hydrogen) atoms. The third-order valence-corrected chi connectivity index (χ3v) is 1.60. The van der Waals surface area contributed by atoms with E-state index in [4.69, 9.17) is 10.8 Å². The molecule has 0 fully saturated rings. The number of hydrogen-bond donors (Lipinski definition) is 3. The van der Waals surface area contributed by atoms with Crippen LogP contribution in [0.25, 0.3) is 0 Å². The first-order valence-electron chi connectivity index (χ1n) is 4.13. The van der Waals surface area contributed by atoms with Crippen molar-refractivity contribution in [1.82, 2.24) is 5.32 Å². The fraction of sp³-hybridized carbons (Fsp3) is 0.625. The molecule has 0 amide bonds. The van der Waals surface area contributed by atoms with Crippen LogP contribution in [0.3, 0.4) is 0 Å². The summed E-state index contributed by atoms with van der Waals surface area (Å²) in [5.74, 6) is -1.21. The number of aliphatic carboxylic acids is 1. The molecule has 0 aromatic carbocycles. The van der Waals surface area contributed by atoms with Gasteiger partial charge in [0.05, 0.1) is 19.0 Å². The van der Waals surface area contributed by atoms with E-state index in [0.717, 1.165) is 0 Å². The van der Waals surface area contributed by atoms with Gasteiger partial charge in [-0.3, -0.25) is 14.9 Å². The Kier molecular flexibility index (Phi) is 5.66. The van der Waals surface area contributed by atoms with Gasteiger partial charge in [-0.15, -0.1) is 0 Å². The molecule has 0 radical (unpaired) electrons. The lowest BCUT2D eigenvalue weighted by molar-refractivity contribution is -0.137. The van der Waals surface area contributed by atoms with Crippen LogP contribution in [0.4, 0.5) is 0 Å². The summed E-state index contributed by atoms with van der Waals surface area (Å²) >= 11 is 0. The fourth-order valence-corrected chi connectivity index (χ4v) is 0.891. The van der Waals surface area contributed by atoms with Crippen LogP contribution < -0.4 is 11.1 Å². The van der Waals surface area contributed by atoms with Crippen LogP contribution in [-0.4, -0.2) is 41.8 Å². The molecule has 80 valence electrons. The van der Waals surface area contributed by atoms with Crippen LogP contribution in [-0.2, 0) is 14.4 Å². The molecule has 0 aliphatic rings. The molecule has 2 atom stereocenters. The third kappa shape index (κ3) is 5.39. The highest BCUT2D eigenvalue weighted by Crippen LogP contribution is 1.93. The van der Waals surface area contributed by atoms with Gasteiger partial charge in [0.2, 0.25) is 0 Å². The van der Waals surface area contributed by atoms with Crippen molar-refractivity contribution in [3.05, 3.63) is 0 Å². The number of carboxylic acid groups (broad SMARTS) is 1. The average Bonchev–Trinajstić information content (AvgIpc) is 2.03. The van der Waals surface area contributed by atoms with Crippen molar-refractivity contribution in [3.8, 4) is 0 Å². The van der Waals surface area contributed by atoms with Crippen molar-refractivity contribution < 1.29 is 19.5 Å². The van der Waals surface area contributed by atoms with Crippen molar-refractivity contribution in [2.75, 3.05) is 6.54 Å².